The predicted octanol–water partition coefficient (Wildman–Crippen LogP) is 8.97. The van der Waals surface area contributed by atoms with Gasteiger partial charge in [0.1, 0.15) is 6.61 Å². The van der Waals surface area contributed by atoms with E-state index in [9.17, 15) is 4.79 Å². The van der Waals surface area contributed by atoms with Crippen molar-refractivity contribution in [2.45, 2.75) is 50.5 Å². The van der Waals surface area contributed by atoms with Crippen molar-refractivity contribution in [1.82, 2.24) is 0 Å². The molecule has 4 aliphatic rings. The van der Waals surface area contributed by atoms with Gasteiger partial charge in [-0.3, -0.25) is 0 Å². The molecule has 0 N–H and O–H groups in total. The van der Waals surface area contributed by atoms with Crippen LogP contribution in [0.5, 0.6) is 0 Å². The van der Waals surface area contributed by atoms with Gasteiger partial charge in [-0.1, -0.05) is 73.3 Å². The Morgan fingerprint density at radius 1 is 0.789 bits per heavy atom. The van der Waals surface area contributed by atoms with Crippen molar-refractivity contribution < 1.29 is 9.53 Å². The van der Waals surface area contributed by atoms with Crippen LogP contribution in [-0.4, -0.2) is 5.97 Å². The Labute approximate surface area is 225 Å². The van der Waals surface area contributed by atoms with E-state index < -0.39 is 0 Å². The quantitative estimate of drug-likeness (QED) is 0.248. The van der Waals surface area contributed by atoms with Gasteiger partial charge in [-0.05, 0) is 125 Å². The van der Waals surface area contributed by atoms with Gasteiger partial charge >= 0.3 is 5.97 Å². The fourth-order valence-corrected chi connectivity index (χ4v) is 8.17. The van der Waals surface area contributed by atoms with E-state index in [2.05, 4.69) is 49.1 Å². The summed E-state index contributed by atoms with van der Waals surface area (Å²) >= 11 is 0. The molecule has 0 heterocycles. The number of fused-ring (bicyclic) bond motifs is 1. The third-order valence-electron chi connectivity index (χ3n) is 9.50. The molecule has 0 unspecified atom stereocenters. The van der Waals surface area contributed by atoms with Crippen LogP contribution in [0.4, 0.5) is 0 Å². The number of rotatable bonds is 6. The molecule has 4 aliphatic carbocycles. The number of ether oxygens (including phenoxy) is 1. The molecule has 2 heteroatoms. The molecule has 0 radical (unpaired) electrons. The summed E-state index contributed by atoms with van der Waals surface area (Å²) in [4.78, 5) is 12.7. The minimum atomic E-state index is -0.292. The van der Waals surface area contributed by atoms with E-state index in [0.29, 0.717) is 11.0 Å². The van der Waals surface area contributed by atoms with Crippen molar-refractivity contribution >= 4 is 22.8 Å². The number of esters is 1. The van der Waals surface area contributed by atoms with Crippen LogP contribution in [0.2, 0.25) is 0 Å². The average molecular weight is 499 g/mol. The zero-order valence-corrected chi connectivity index (χ0v) is 21.9. The summed E-state index contributed by atoms with van der Waals surface area (Å²) in [7, 11) is 0. The summed E-state index contributed by atoms with van der Waals surface area (Å²) in [6.45, 7) is 4.46. The molecule has 0 aliphatic heterocycles. The molecule has 4 saturated carbocycles. The molecule has 4 bridgehead atoms. The Hall–Kier alpha value is -3.65. The second kappa shape index (κ2) is 9.27. The number of hydrogen-bond donors (Lipinski definition) is 0. The fourth-order valence-electron chi connectivity index (χ4n) is 8.17. The van der Waals surface area contributed by atoms with E-state index in [0.717, 1.165) is 34.1 Å². The van der Waals surface area contributed by atoms with Crippen LogP contribution in [-0.2, 0) is 16.8 Å². The van der Waals surface area contributed by atoms with Crippen molar-refractivity contribution in [2.75, 3.05) is 0 Å². The third kappa shape index (κ3) is 4.17. The van der Waals surface area contributed by atoms with Crippen LogP contribution in [0, 0.1) is 17.8 Å². The first-order valence-electron chi connectivity index (χ1n) is 14.1. The normalized spacial score (nSPS) is 25.4. The van der Waals surface area contributed by atoms with Gasteiger partial charge in [-0.15, -0.1) is 0 Å². The molecular formula is C36H34O2. The van der Waals surface area contributed by atoms with Crippen LogP contribution in [0.1, 0.15) is 65.6 Å². The Balaban J connectivity index is 1.17. The largest absolute Gasteiger partial charge is 0.457 e. The summed E-state index contributed by atoms with van der Waals surface area (Å²) in [6.07, 6.45) is 10.5. The molecular weight excluding hydrogens is 464 g/mol. The lowest BCUT2D eigenvalue weighted by Gasteiger charge is -2.57. The first kappa shape index (κ1) is 23.5. The molecule has 38 heavy (non-hydrogen) atoms. The highest BCUT2D eigenvalue weighted by atomic mass is 16.5. The highest BCUT2D eigenvalue weighted by molar-refractivity contribution is 5.96. The van der Waals surface area contributed by atoms with E-state index in [-0.39, 0.29) is 12.6 Å². The number of carbonyl (C=O) groups is 1. The maximum Gasteiger partial charge on any atom is 0.338 e. The van der Waals surface area contributed by atoms with Gasteiger partial charge in [0, 0.05) is 0 Å². The Morgan fingerprint density at radius 2 is 1.42 bits per heavy atom. The smallest absolute Gasteiger partial charge is 0.338 e. The maximum atomic E-state index is 12.7. The van der Waals surface area contributed by atoms with Crippen LogP contribution < -0.4 is 0 Å². The van der Waals surface area contributed by atoms with Gasteiger partial charge in [-0.2, -0.15) is 0 Å². The van der Waals surface area contributed by atoms with Gasteiger partial charge in [-0.25, -0.2) is 4.79 Å². The van der Waals surface area contributed by atoms with Crippen LogP contribution in [0.15, 0.2) is 91.5 Å². The Morgan fingerprint density at radius 3 is 2.13 bits per heavy atom. The van der Waals surface area contributed by atoms with E-state index in [1.54, 1.807) is 0 Å². The van der Waals surface area contributed by atoms with Crippen molar-refractivity contribution in [3.8, 4) is 11.1 Å². The third-order valence-corrected chi connectivity index (χ3v) is 9.50. The van der Waals surface area contributed by atoms with Crippen LogP contribution in [0.3, 0.4) is 0 Å². The first-order valence-corrected chi connectivity index (χ1v) is 14.1. The molecule has 0 saturated heterocycles. The highest BCUT2D eigenvalue weighted by Gasteiger charge is 2.52. The fraction of sp³-hybridized carbons (Fsp3) is 0.306. The van der Waals surface area contributed by atoms with E-state index in [4.69, 9.17) is 4.74 Å². The molecule has 4 aromatic rings. The summed E-state index contributed by atoms with van der Waals surface area (Å²) in [5.74, 6) is 2.45. The second-order valence-electron chi connectivity index (χ2n) is 12.0. The topological polar surface area (TPSA) is 26.3 Å². The lowest BCUT2D eigenvalue weighted by atomic mass is 9.47. The Bertz CT molecular complexity index is 1490. The van der Waals surface area contributed by atoms with E-state index >= 15 is 0 Å². The van der Waals surface area contributed by atoms with Gasteiger partial charge in [0.15, 0.2) is 0 Å². The lowest BCUT2D eigenvalue weighted by Crippen LogP contribution is -2.48. The predicted molar refractivity (Wildman–Crippen MR) is 155 cm³/mol. The van der Waals surface area contributed by atoms with Gasteiger partial charge in [0.05, 0.1) is 5.56 Å². The average Bonchev–Trinajstić information content (AvgIpc) is 2.95. The maximum absolute atomic E-state index is 12.7. The van der Waals surface area contributed by atoms with Gasteiger partial charge in [0.2, 0.25) is 0 Å². The van der Waals surface area contributed by atoms with Crippen LogP contribution >= 0.6 is 0 Å². The lowest BCUT2D eigenvalue weighted by molar-refractivity contribution is -0.00525. The Kier molecular flexibility index (Phi) is 5.73. The summed E-state index contributed by atoms with van der Waals surface area (Å²) in [5, 5.41) is 2.18. The molecule has 0 atom stereocenters. The van der Waals surface area contributed by atoms with E-state index in [1.807, 2.05) is 48.5 Å². The minimum Gasteiger partial charge on any atom is -0.457 e. The zero-order valence-electron chi connectivity index (χ0n) is 21.9. The molecule has 2 nitrogen and oxygen atoms in total. The summed E-state index contributed by atoms with van der Waals surface area (Å²) in [5.41, 5.74) is 7.24. The summed E-state index contributed by atoms with van der Waals surface area (Å²) in [6, 6.07) is 29.2. The summed E-state index contributed by atoms with van der Waals surface area (Å²) < 4.78 is 5.54. The molecule has 190 valence electrons. The highest BCUT2D eigenvalue weighted by Crippen LogP contribution is 2.61. The van der Waals surface area contributed by atoms with Gasteiger partial charge < -0.3 is 4.74 Å². The van der Waals surface area contributed by atoms with Crippen molar-refractivity contribution in [3.05, 3.63) is 114 Å². The van der Waals surface area contributed by atoms with Crippen molar-refractivity contribution in [1.29, 1.82) is 0 Å². The van der Waals surface area contributed by atoms with Crippen LogP contribution in [0.25, 0.3) is 28.0 Å². The van der Waals surface area contributed by atoms with Crippen molar-refractivity contribution in [3.63, 3.8) is 0 Å². The molecule has 4 aromatic carbocycles. The zero-order chi connectivity index (χ0) is 25.7. The molecule has 8 rings (SSSR count). The number of hydrogen-bond acceptors (Lipinski definition) is 2. The monoisotopic (exact) mass is 498 g/mol. The van der Waals surface area contributed by atoms with Crippen molar-refractivity contribution in [2.24, 2.45) is 17.8 Å². The second-order valence-corrected chi connectivity index (χ2v) is 12.0. The molecule has 0 aromatic heterocycles. The SMILES string of the molecule is C=Cc1ccc(-c2ccc3cc(C(=O)OCc4ccccc4)ccc3c2)cc1C12CC3CC(CC(C3)C1)C2. The minimum absolute atomic E-state index is 0.281. The standard InChI is InChI=1S/C36H34O2/c1-2-28-8-9-32(19-34(28)36-20-25-14-26(21-36)16-27(15-25)22-36)30-10-11-31-18-33(13-12-29(31)17-30)35(37)38-23-24-6-4-3-5-7-24/h2-13,17-19,25-27H,1,14-16,20-23H2. The molecule has 4 fully saturated rings. The number of carbonyl (C=O) groups excluding carboxylic acids is 1. The molecule has 0 amide bonds. The molecule has 0 spiro atoms. The van der Waals surface area contributed by atoms with E-state index in [1.165, 1.54) is 60.8 Å². The first-order chi connectivity index (χ1) is 18.6. The number of benzene rings is 4. The van der Waals surface area contributed by atoms with Gasteiger partial charge in [0.25, 0.3) is 0 Å².